The Balaban J connectivity index is 2.81. The van der Waals surface area contributed by atoms with Gasteiger partial charge in [0.2, 0.25) is 0 Å². The summed E-state index contributed by atoms with van der Waals surface area (Å²) in [6, 6.07) is 3.50. The lowest BCUT2D eigenvalue weighted by Gasteiger charge is -2.38. The van der Waals surface area contributed by atoms with Gasteiger partial charge in [-0.1, -0.05) is 0 Å². The van der Waals surface area contributed by atoms with Crippen molar-refractivity contribution in [1.29, 1.82) is 0 Å². The lowest BCUT2D eigenvalue weighted by molar-refractivity contribution is -0.0986. The second-order valence-electron chi connectivity index (χ2n) is 5.89. The van der Waals surface area contributed by atoms with Crippen LogP contribution in [0.5, 0.6) is 0 Å². The van der Waals surface area contributed by atoms with Gasteiger partial charge in [-0.2, -0.15) is 0 Å². The van der Waals surface area contributed by atoms with Crippen molar-refractivity contribution >= 4 is 18.7 Å². The summed E-state index contributed by atoms with van der Waals surface area (Å²) in [5.74, 6) is 0.703. The quantitative estimate of drug-likeness (QED) is 0.740. The Bertz CT molecular complexity index is 421. The maximum atomic E-state index is 10.1. The molecule has 0 aliphatic heterocycles. The van der Waals surface area contributed by atoms with Gasteiger partial charge in [0, 0.05) is 19.2 Å². The summed E-state index contributed by atoms with van der Waals surface area (Å²) in [7, 11) is -1.21. The molecule has 0 radical (unpaired) electrons. The number of hydrogen-bond acceptors (Lipinski definition) is 5. The number of furan rings is 1. The number of anilines is 1. The van der Waals surface area contributed by atoms with Crippen LogP contribution in [0.15, 0.2) is 16.5 Å². The molecule has 0 amide bonds. The summed E-state index contributed by atoms with van der Waals surface area (Å²) in [6.45, 7) is 12.5. The first-order valence-corrected chi connectivity index (χ1v) is 7.05. The van der Waals surface area contributed by atoms with Gasteiger partial charge in [0.05, 0.1) is 11.2 Å². The molecule has 0 bridgehead atoms. The highest BCUT2D eigenvalue weighted by molar-refractivity contribution is 6.58. The fourth-order valence-corrected chi connectivity index (χ4v) is 1.66. The maximum Gasteiger partial charge on any atom is 0.529 e. The summed E-state index contributed by atoms with van der Waals surface area (Å²) in [6.07, 6.45) is 0. The summed E-state index contributed by atoms with van der Waals surface area (Å²) >= 11 is 0. The van der Waals surface area contributed by atoms with E-state index in [-0.39, 0.29) is 0 Å². The van der Waals surface area contributed by atoms with Crippen molar-refractivity contribution in [2.24, 2.45) is 0 Å². The Morgan fingerprint density at radius 2 is 1.75 bits per heavy atom. The molecule has 1 heterocycles. The van der Waals surface area contributed by atoms with E-state index in [1.165, 1.54) is 0 Å². The van der Waals surface area contributed by atoms with E-state index in [1.807, 2.05) is 24.8 Å². The number of rotatable bonds is 7. The first kappa shape index (κ1) is 17.1. The number of nitrogens with zero attached hydrogens (tertiary/aromatic N) is 1. The molecule has 0 aliphatic rings. The summed E-state index contributed by atoms with van der Waals surface area (Å²) in [4.78, 5) is 2.04. The summed E-state index contributed by atoms with van der Waals surface area (Å²) in [5, 5.41) is 20.2. The van der Waals surface area contributed by atoms with Gasteiger partial charge >= 0.3 is 7.12 Å². The molecular weight excluding hydrogens is 257 g/mol. The maximum absolute atomic E-state index is 10.1. The van der Waals surface area contributed by atoms with Crippen LogP contribution in [-0.2, 0) is 4.65 Å². The lowest BCUT2D eigenvalue weighted by Crippen LogP contribution is -2.52. The first-order valence-electron chi connectivity index (χ1n) is 7.05. The van der Waals surface area contributed by atoms with Gasteiger partial charge in [0.15, 0.2) is 5.88 Å². The van der Waals surface area contributed by atoms with Gasteiger partial charge in [0.1, 0.15) is 5.66 Å². The molecular formula is C14H26BNO4. The van der Waals surface area contributed by atoms with Crippen molar-refractivity contribution in [2.75, 3.05) is 18.0 Å². The second-order valence-corrected chi connectivity index (χ2v) is 5.89. The molecule has 0 aromatic carbocycles. The van der Waals surface area contributed by atoms with Crippen molar-refractivity contribution in [3.8, 4) is 0 Å². The standard InChI is InChI=1S/C14H26BNO4/c1-7-16(8-2)12-10-9-11(19-12)15(18)20-14(5,6)13(3,4)17/h9-10,17-18H,7-8H2,1-6H3. The minimum absolute atomic E-state index is 0.337. The monoisotopic (exact) mass is 283 g/mol. The average molecular weight is 283 g/mol. The Hall–Kier alpha value is -0.975. The highest BCUT2D eigenvalue weighted by Crippen LogP contribution is 2.25. The third kappa shape index (κ3) is 3.78. The van der Waals surface area contributed by atoms with Crippen LogP contribution in [0, 0.1) is 0 Å². The zero-order valence-electron chi connectivity index (χ0n) is 13.3. The first-order chi connectivity index (χ1) is 9.12. The fraction of sp³-hybridized carbons (Fsp3) is 0.714. The van der Waals surface area contributed by atoms with E-state index >= 15 is 0 Å². The van der Waals surface area contributed by atoms with Gasteiger partial charge in [0.25, 0.3) is 0 Å². The normalized spacial score (nSPS) is 12.6. The van der Waals surface area contributed by atoms with Crippen molar-refractivity contribution in [3.05, 3.63) is 12.1 Å². The van der Waals surface area contributed by atoms with Crippen LogP contribution >= 0.6 is 0 Å². The number of aliphatic hydroxyl groups is 1. The fourth-order valence-electron chi connectivity index (χ4n) is 1.66. The largest absolute Gasteiger partial charge is 0.529 e. The Kier molecular flexibility index (Phi) is 5.30. The Morgan fingerprint density at radius 1 is 1.20 bits per heavy atom. The van der Waals surface area contributed by atoms with E-state index in [1.54, 1.807) is 33.8 Å². The molecule has 0 aliphatic carbocycles. The molecule has 0 saturated carbocycles. The molecule has 20 heavy (non-hydrogen) atoms. The van der Waals surface area contributed by atoms with Crippen molar-refractivity contribution in [3.63, 3.8) is 0 Å². The van der Waals surface area contributed by atoms with E-state index in [0.717, 1.165) is 13.1 Å². The van der Waals surface area contributed by atoms with Crippen molar-refractivity contribution < 1.29 is 19.2 Å². The smallest absolute Gasteiger partial charge is 0.449 e. The summed E-state index contributed by atoms with van der Waals surface area (Å²) in [5.41, 5.74) is -1.65. The van der Waals surface area contributed by atoms with Crippen LogP contribution in [-0.4, -0.2) is 41.5 Å². The van der Waals surface area contributed by atoms with Crippen LogP contribution < -0.4 is 10.6 Å². The molecule has 0 fully saturated rings. The topological polar surface area (TPSA) is 66.1 Å². The SMILES string of the molecule is CCN(CC)c1ccc(B(O)OC(C)(C)C(C)(C)O)o1. The van der Waals surface area contributed by atoms with Crippen LogP contribution in [0.1, 0.15) is 41.5 Å². The molecule has 6 heteroatoms. The highest BCUT2D eigenvalue weighted by atomic mass is 16.6. The Morgan fingerprint density at radius 3 is 2.20 bits per heavy atom. The summed E-state index contributed by atoms with van der Waals surface area (Å²) < 4.78 is 11.2. The van der Waals surface area contributed by atoms with E-state index in [2.05, 4.69) is 0 Å². The van der Waals surface area contributed by atoms with E-state index in [9.17, 15) is 10.1 Å². The van der Waals surface area contributed by atoms with Crippen molar-refractivity contribution in [1.82, 2.24) is 0 Å². The molecule has 5 nitrogen and oxygen atoms in total. The van der Waals surface area contributed by atoms with Crippen LogP contribution in [0.2, 0.25) is 0 Å². The van der Waals surface area contributed by atoms with Crippen LogP contribution in [0.3, 0.4) is 0 Å². The van der Waals surface area contributed by atoms with Crippen LogP contribution in [0.4, 0.5) is 5.88 Å². The molecule has 0 spiro atoms. The molecule has 1 rings (SSSR count). The second kappa shape index (κ2) is 6.20. The molecule has 114 valence electrons. The zero-order chi connectivity index (χ0) is 15.6. The highest BCUT2D eigenvalue weighted by Gasteiger charge is 2.40. The van der Waals surface area contributed by atoms with E-state index in [0.29, 0.717) is 11.5 Å². The van der Waals surface area contributed by atoms with E-state index < -0.39 is 18.3 Å². The third-order valence-corrected chi connectivity index (χ3v) is 3.81. The van der Waals surface area contributed by atoms with Gasteiger partial charge < -0.3 is 24.1 Å². The third-order valence-electron chi connectivity index (χ3n) is 3.81. The molecule has 1 aromatic rings. The lowest BCUT2D eigenvalue weighted by atomic mass is 9.81. The molecule has 0 saturated heterocycles. The van der Waals surface area contributed by atoms with Gasteiger partial charge in [-0.05, 0) is 47.6 Å². The predicted molar refractivity (Wildman–Crippen MR) is 81.3 cm³/mol. The molecule has 0 unspecified atom stereocenters. The van der Waals surface area contributed by atoms with Crippen molar-refractivity contribution in [2.45, 2.75) is 52.7 Å². The molecule has 2 N–H and O–H groups in total. The minimum Gasteiger partial charge on any atom is -0.449 e. The Labute approximate surface area is 121 Å². The number of hydrogen-bond donors (Lipinski definition) is 2. The van der Waals surface area contributed by atoms with Crippen LogP contribution in [0.25, 0.3) is 0 Å². The average Bonchev–Trinajstić information content (AvgIpc) is 2.78. The zero-order valence-corrected chi connectivity index (χ0v) is 13.3. The van der Waals surface area contributed by atoms with Gasteiger partial charge in [-0.3, -0.25) is 0 Å². The van der Waals surface area contributed by atoms with E-state index in [4.69, 9.17) is 9.07 Å². The molecule has 0 atom stereocenters. The van der Waals surface area contributed by atoms with Gasteiger partial charge in [-0.25, -0.2) is 0 Å². The molecule has 1 aromatic heterocycles. The van der Waals surface area contributed by atoms with Gasteiger partial charge in [-0.15, -0.1) is 0 Å². The minimum atomic E-state index is -1.21. The predicted octanol–water partition coefficient (Wildman–Crippen LogP) is 1.38.